The summed E-state index contributed by atoms with van der Waals surface area (Å²) < 4.78 is 13.7. The van der Waals surface area contributed by atoms with E-state index in [2.05, 4.69) is 9.97 Å². The molecule has 0 bridgehead atoms. The third-order valence-corrected chi connectivity index (χ3v) is 2.49. The van der Waals surface area contributed by atoms with Crippen LogP contribution < -0.4 is 0 Å². The topological polar surface area (TPSA) is 49.6 Å². The van der Waals surface area contributed by atoms with Gasteiger partial charge in [0.25, 0.3) is 0 Å². The predicted octanol–water partition coefficient (Wildman–Crippen LogP) is 3.12. The fourth-order valence-corrected chi connectivity index (χ4v) is 1.76. The molecule has 0 saturated carbocycles. The van der Waals surface area contributed by atoms with Gasteiger partial charge in [-0.1, -0.05) is 17.7 Å². The van der Waals surface area contributed by atoms with E-state index in [1.807, 2.05) is 6.07 Å². The molecule has 0 aliphatic rings. The average molecular weight is 248 g/mol. The Morgan fingerprint density at radius 2 is 2.12 bits per heavy atom. The van der Waals surface area contributed by atoms with Gasteiger partial charge in [-0.2, -0.15) is 5.26 Å². The second kappa shape index (κ2) is 4.48. The van der Waals surface area contributed by atoms with Gasteiger partial charge < -0.3 is 0 Å². The lowest BCUT2D eigenvalue weighted by molar-refractivity contribution is 0.630. The van der Waals surface area contributed by atoms with Crippen LogP contribution in [0.15, 0.2) is 24.3 Å². The lowest BCUT2D eigenvalue weighted by Crippen LogP contribution is -1.96. The van der Waals surface area contributed by atoms with Crippen molar-refractivity contribution in [2.24, 2.45) is 0 Å². The molecule has 0 unspecified atom stereocenters. The van der Waals surface area contributed by atoms with Crippen molar-refractivity contribution in [2.45, 2.75) is 6.92 Å². The van der Waals surface area contributed by atoms with E-state index < -0.39 is 5.82 Å². The maximum atomic E-state index is 13.7. The Morgan fingerprint density at radius 1 is 1.35 bits per heavy atom. The van der Waals surface area contributed by atoms with Crippen LogP contribution in [0, 0.1) is 24.1 Å². The lowest BCUT2D eigenvalue weighted by atomic mass is 10.1. The largest absolute Gasteiger partial charge is 0.233 e. The van der Waals surface area contributed by atoms with E-state index >= 15 is 0 Å². The second-order valence-corrected chi connectivity index (χ2v) is 3.80. The van der Waals surface area contributed by atoms with E-state index in [1.54, 1.807) is 13.0 Å². The number of hydrogen-bond donors (Lipinski definition) is 0. The minimum Gasteiger partial charge on any atom is -0.233 e. The third kappa shape index (κ3) is 2.24. The van der Waals surface area contributed by atoms with Crippen LogP contribution in [0.1, 0.15) is 11.5 Å². The highest BCUT2D eigenvalue weighted by atomic mass is 35.5. The van der Waals surface area contributed by atoms with Gasteiger partial charge in [0.1, 0.15) is 23.4 Å². The summed E-state index contributed by atoms with van der Waals surface area (Å²) in [6.07, 6.45) is 0. The molecule has 0 N–H and O–H groups in total. The van der Waals surface area contributed by atoms with Crippen molar-refractivity contribution >= 4 is 11.6 Å². The Balaban J connectivity index is 2.69. The van der Waals surface area contributed by atoms with E-state index in [0.29, 0.717) is 11.5 Å². The Labute approximate surface area is 103 Å². The van der Waals surface area contributed by atoms with E-state index in [1.165, 1.54) is 18.2 Å². The average Bonchev–Trinajstić information content (AvgIpc) is 2.28. The zero-order valence-electron chi connectivity index (χ0n) is 8.91. The number of halogens is 2. The molecule has 0 atom stereocenters. The Morgan fingerprint density at radius 3 is 2.76 bits per heavy atom. The van der Waals surface area contributed by atoms with Gasteiger partial charge in [-0.25, -0.2) is 14.4 Å². The molecule has 1 aromatic carbocycles. The number of nitrogens with zero attached hydrogens (tertiary/aromatic N) is 3. The van der Waals surface area contributed by atoms with Gasteiger partial charge in [0.2, 0.25) is 0 Å². The molecule has 1 heterocycles. The first-order valence-electron chi connectivity index (χ1n) is 4.82. The monoisotopic (exact) mass is 247 g/mol. The van der Waals surface area contributed by atoms with Crippen LogP contribution in [0.3, 0.4) is 0 Å². The van der Waals surface area contributed by atoms with Crippen molar-refractivity contribution in [2.75, 3.05) is 0 Å². The van der Waals surface area contributed by atoms with Crippen LogP contribution in [0.2, 0.25) is 5.02 Å². The molecule has 0 spiro atoms. The fourth-order valence-electron chi connectivity index (χ4n) is 1.50. The van der Waals surface area contributed by atoms with Crippen molar-refractivity contribution in [1.82, 2.24) is 9.97 Å². The van der Waals surface area contributed by atoms with Crippen LogP contribution in [0.25, 0.3) is 11.3 Å². The summed E-state index contributed by atoms with van der Waals surface area (Å²) in [5.41, 5.74) is 0.695. The van der Waals surface area contributed by atoms with Crippen molar-refractivity contribution in [3.8, 4) is 17.3 Å². The normalized spacial score (nSPS) is 10.0. The van der Waals surface area contributed by atoms with Gasteiger partial charge in [0.05, 0.1) is 16.3 Å². The van der Waals surface area contributed by atoms with Gasteiger partial charge in [-0.15, -0.1) is 0 Å². The number of benzene rings is 1. The molecule has 0 radical (unpaired) electrons. The molecule has 0 saturated heterocycles. The SMILES string of the molecule is Cc1nc(C#N)cc(-c2c(F)cccc2Cl)n1. The highest BCUT2D eigenvalue weighted by Crippen LogP contribution is 2.29. The number of nitriles is 1. The van der Waals surface area contributed by atoms with E-state index in [0.717, 1.165) is 0 Å². The molecule has 0 aliphatic carbocycles. The molecule has 0 fully saturated rings. The molecule has 5 heteroatoms. The number of rotatable bonds is 1. The molecule has 2 rings (SSSR count). The molecule has 1 aromatic heterocycles. The maximum Gasteiger partial charge on any atom is 0.144 e. The zero-order valence-corrected chi connectivity index (χ0v) is 9.66. The summed E-state index contributed by atoms with van der Waals surface area (Å²) >= 11 is 5.93. The van der Waals surface area contributed by atoms with E-state index in [-0.39, 0.29) is 16.3 Å². The summed E-state index contributed by atoms with van der Waals surface area (Å²) in [4.78, 5) is 7.99. The zero-order chi connectivity index (χ0) is 12.4. The summed E-state index contributed by atoms with van der Waals surface area (Å²) in [6, 6.07) is 7.70. The quantitative estimate of drug-likeness (QED) is 0.778. The van der Waals surface area contributed by atoms with E-state index in [9.17, 15) is 4.39 Å². The molecular formula is C12H7ClFN3. The summed E-state index contributed by atoms with van der Waals surface area (Å²) in [6.45, 7) is 1.64. The van der Waals surface area contributed by atoms with Crippen LogP contribution in [-0.2, 0) is 0 Å². The minimum absolute atomic E-state index is 0.187. The highest BCUT2D eigenvalue weighted by Gasteiger charge is 2.12. The summed E-state index contributed by atoms with van der Waals surface area (Å²) in [7, 11) is 0. The van der Waals surface area contributed by atoms with Crippen molar-refractivity contribution in [1.29, 1.82) is 5.26 Å². The Bertz CT molecular complexity index is 599. The van der Waals surface area contributed by atoms with Gasteiger partial charge >= 0.3 is 0 Å². The molecule has 84 valence electrons. The van der Waals surface area contributed by atoms with Crippen LogP contribution in [-0.4, -0.2) is 9.97 Å². The molecule has 0 aliphatic heterocycles. The van der Waals surface area contributed by atoms with Crippen LogP contribution in [0.4, 0.5) is 4.39 Å². The van der Waals surface area contributed by atoms with Crippen LogP contribution in [0.5, 0.6) is 0 Å². The highest BCUT2D eigenvalue weighted by molar-refractivity contribution is 6.33. The predicted molar refractivity (Wildman–Crippen MR) is 61.9 cm³/mol. The Hall–Kier alpha value is -1.99. The minimum atomic E-state index is -0.473. The first-order valence-corrected chi connectivity index (χ1v) is 5.20. The standard InChI is InChI=1S/C12H7ClFN3/c1-7-16-8(6-15)5-11(17-7)12-9(13)3-2-4-10(12)14/h2-5H,1H3. The Kier molecular flexibility index (Phi) is 3.03. The molecule has 0 amide bonds. The third-order valence-electron chi connectivity index (χ3n) is 2.17. The summed E-state index contributed by atoms with van der Waals surface area (Å²) in [5.74, 6) is -0.0714. The molecule has 2 aromatic rings. The fraction of sp³-hybridized carbons (Fsp3) is 0.0833. The molecule has 17 heavy (non-hydrogen) atoms. The number of hydrogen-bond acceptors (Lipinski definition) is 3. The van der Waals surface area contributed by atoms with Crippen molar-refractivity contribution < 1.29 is 4.39 Å². The summed E-state index contributed by atoms with van der Waals surface area (Å²) in [5, 5.41) is 9.06. The van der Waals surface area contributed by atoms with Crippen molar-refractivity contribution in [3.05, 3.63) is 46.6 Å². The molecule has 3 nitrogen and oxygen atoms in total. The van der Waals surface area contributed by atoms with E-state index in [4.69, 9.17) is 16.9 Å². The van der Waals surface area contributed by atoms with Crippen molar-refractivity contribution in [3.63, 3.8) is 0 Å². The second-order valence-electron chi connectivity index (χ2n) is 3.39. The van der Waals surface area contributed by atoms with Gasteiger partial charge in [0, 0.05) is 6.07 Å². The lowest BCUT2D eigenvalue weighted by Gasteiger charge is -2.06. The maximum absolute atomic E-state index is 13.7. The van der Waals surface area contributed by atoms with Gasteiger partial charge in [0.15, 0.2) is 0 Å². The first kappa shape index (κ1) is 11.5. The first-order chi connectivity index (χ1) is 8.11. The van der Waals surface area contributed by atoms with Crippen LogP contribution >= 0.6 is 11.6 Å². The van der Waals surface area contributed by atoms with Gasteiger partial charge in [-0.3, -0.25) is 0 Å². The smallest absolute Gasteiger partial charge is 0.144 e. The number of aromatic nitrogens is 2. The molecular weight excluding hydrogens is 241 g/mol. The number of aryl methyl sites for hydroxylation is 1. The van der Waals surface area contributed by atoms with Gasteiger partial charge in [-0.05, 0) is 19.1 Å².